The highest BCUT2D eigenvalue weighted by atomic mass is 32.1. The van der Waals surface area contributed by atoms with Crippen molar-refractivity contribution in [3.8, 4) is 11.1 Å². The Morgan fingerprint density at radius 2 is 1.67 bits per heavy atom. The zero-order valence-electron chi connectivity index (χ0n) is 13.6. The second kappa shape index (κ2) is 6.62. The lowest BCUT2D eigenvalue weighted by Crippen LogP contribution is -2.09. The second-order valence-electron chi connectivity index (χ2n) is 5.73. The third-order valence-corrected chi connectivity index (χ3v) is 4.90. The zero-order valence-corrected chi connectivity index (χ0v) is 14.4. The minimum atomic E-state index is -4.50. The highest BCUT2D eigenvalue weighted by Gasteiger charge is 2.33. The van der Waals surface area contributed by atoms with Gasteiger partial charge in [0, 0.05) is 10.9 Å². The van der Waals surface area contributed by atoms with Crippen LogP contribution in [0.15, 0.2) is 60.2 Å². The average molecular weight is 389 g/mol. The van der Waals surface area contributed by atoms with E-state index in [-0.39, 0.29) is 17.3 Å². The summed E-state index contributed by atoms with van der Waals surface area (Å²) in [5.41, 5.74) is 0.573. The summed E-state index contributed by atoms with van der Waals surface area (Å²) in [6, 6.07) is 11.1. The van der Waals surface area contributed by atoms with Crippen molar-refractivity contribution < 1.29 is 17.6 Å². The van der Waals surface area contributed by atoms with Gasteiger partial charge in [0.1, 0.15) is 22.8 Å². The first kappa shape index (κ1) is 17.4. The fraction of sp³-hybridized carbons (Fsp3) is 0.0526. The van der Waals surface area contributed by atoms with Crippen molar-refractivity contribution in [2.45, 2.75) is 6.18 Å². The van der Waals surface area contributed by atoms with Crippen LogP contribution in [0, 0.1) is 5.82 Å². The van der Waals surface area contributed by atoms with Gasteiger partial charge >= 0.3 is 6.18 Å². The van der Waals surface area contributed by atoms with E-state index >= 15 is 0 Å². The maximum absolute atomic E-state index is 13.3. The van der Waals surface area contributed by atoms with Crippen LogP contribution in [0.5, 0.6) is 0 Å². The Hall–Kier alpha value is -3.00. The quantitative estimate of drug-likeness (QED) is 0.420. The number of benzene rings is 2. The van der Waals surface area contributed by atoms with Crippen LogP contribution < -0.4 is 5.32 Å². The molecular weight excluding hydrogens is 378 g/mol. The van der Waals surface area contributed by atoms with Crippen LogP contribution in [0.2, 0.25) is 0 Å². The van der Waals surface area contributed by atoms with Gasteiger partial charge in [0.25, 0.3) is 0 Å². The molecule has 2 aromatic carbocycles. The summed E-state index contributed by atoms with van der Waals surface area (Å²) < 4.78 is 53.1. The first-order chi connectivity index (χ1) is 12.9. The van der Waals surface area contributed by atoms with Gasteiger partial charge in [0.15, 0.2) is 0 Å². The average Bonchev–Trinajstić information content (AvgIpc) is 3.07. The molecule has 0 bridgehead atoms. The molecule has 0 saturated carbocycles. The Bertz CT molecular complexity index is 1100. The van der Waals surface area contributed by atoms with Crippen molar-refractivity contribution in [1.29, 1.82) is 0 Å². The maximum Gasteiger partial charge on any atom is 0.418 e. The molecule has 0 amide bonds. The van der Waals surface area contributed by atoms with Gasteiger partial charge in [-0.2, -0.15) is 13.2 Å². The van der Waals surface area contributed by atoms with E-state index in [4.69, 9.17) is 0 Å². The number of nitrogens with one attached hydrogen (secondary N) is 1. The summed E-state index contributed by atoms with van der Waals surface area (Å²) >= 11 is 1.34. The number of thiophene rings is 1. The van der Waals surface area contributed by atoms with E-state index in [9.17, 15) is 17.6 Å². The molecule has 0 aliphatic rings. The first-order valence-corrected chi connectivity index (χ1v) is 8.73. The van der Waals surface area contributed by atoms with Crippen molar-refractivity contribution >= 4 is 33.1 Å². The largest absolute Gasteiger partial charge is 0.418 e. The topological polar surface area (TPSA) is 37.8 Å². The van der Waals surface area contributed by atoms with E-state index in [2.05, 4.69) is 15.3 Å². The van der Waals surface area contributed by atoms with Crippen LogP contribution in [0.4, 0.5) is 29.1 Å². The van der Waals surface area contributed by atoms with E-state index in [1.807, 2.05) is 5.38 Å². The third kappa shape index (κ3) is 3.35. The van der Waals surface area contributed by atoms with Crippen LogP contribution in [-0.2, 0) is 6.18 Å². The molecule has 0 aliphatic heterocycles. The highest BCUT2D eigenvalue weighted by Crippen LogP contribution is 2.40. The molecule has 0 aliphatic carbocycles. The lowest BCUT2D eigenvalue weighted by atomic mass is 10.1. The minimum Gasteiger partial charge on any atom is -0.339 e. The van der Waals surface area contributed by atoms with Gasteiger partial charge in [0.05, 0.1) is 16.6 Å². The Morgan fingerprint density at radius 3 is 2.41 bits per heavy atom. The molecule has 1 N–H and O–H groups in total. The van der Waals surface area contributed by atoms with Crippen LogP contribution in [0.25, 0.3) is 21.3 Å². The van der Waals surface area contributed by atoms with E-state index in [0.29, 0.717) is 10.2 Å². The Morgan fingerprint density at radius 1 is 0.926 bits per heavy atom. The monoisotopic (exact) mass is 389 g/mol. The number of para-hydroxylation sites is 1. The number of nitrogens with zero attached hydrogens (tertiary/aromatic N) is 2. The maximum atomic E-state index is 13.3. The summed E-state index contributed by atoms with van der Waals surface area (Å²) in [6.07, 6.45) is -3.20. The molecule has 2 aromatic heterocycles. The van der Waals surface area contributed by atoms with Gasteiger partial charge < -0.3 is 5.32 Å². The van der Waals surface area contributed by atoms with Crippen molar-refractivity contribution in [1.82, 2.24) is 9.97 Å². The molecule has 27 heavy (non-hydrogen) atoms. The summed E-state index contributed by atoms with van der Waals surface area (Å²) in [5, 5.41) is 5.21. The normalized spacial score (nSPS) is 11.7. The molecule has 4 rings (SSSR count). The number of halogens is 4. The van der Waals surface area contributed by atoms with Crippen molar-refractivity contribution in [3.63, 3.8) is 0 Å². The first-order valence-electron chi connectivity index (χ1n) is 7.85. The van der Waals surface area contributed by atoms with Crippen molar-refractivity contribution in [2.24, 2.45) is 0 Å². The standard InChI is InChI=1S/C19H11F4N3S/c20-12-7-5-11(6-8-12)13-9-27-18-16(13)17(24-10-25-18)26-15-4-2-1-3-14(15)19(21,22)23/h1-10H,(H,24,25,26). The second-order valence-corrected chi connectivity index (χ2v) is 6.59. The van der Waals surface area contributed by atoms with Crippen molar-refractivity contribution in [3.05, 3.63) is 71.6 Å². The van der Waals surface area contributed by atoms with Crippen molar-refractivity contribution in [2.75, 3.05) is 5.32 Å². The van der Waals surface area contributed by atoms with Gasteiger partial charge in [-0.05, 0) is 29.8 Å². The zero-order chi connectivity index (χ0) is 19.0. The van der Waals surface area contributed by atoms with Crippen LogP contribution >= 0.6 is 11.3 Å². The van der Waals surface area contributed by atoms with E-state index < -0.39 is 11.7 Å². The number of alkyl halides is 3. The van der Waals surface area contributed by atoms with E-state index in [1.54, 1.807) is 12.1 Å². The summed E-state index contributed by atoms with van der Waals surface area (Å²) in [6.45, 7) is 0. The smallest absolute Gasteiger partial charge is 0.339 e. The molecule has 2 heterocycles. The number of hydrogen-bond acceptors (Lipinski definition) is 4. The summed E-state index contributed by atoms with van der Waals surface area (Å²) in [5.74, 6) is -0.107. The van der Waals surface area contributed by atoms with Gasteiger partial charge in [0.2, 0.25) is 0 Å². The number of hydrogen-bond donors (Lipinski definition) is 1. The Balaban J connectivity index is 1.84. The number of anilines is 2. The van der Waals surface area contributed by atoms with E-state index in [1.165, 1.54) is 48.0 Å². The van der Waals surface area contributed by atoms with Gasteiger partial charge in [-0.25, -0.2) is 14.4 Å². The van der Waals surface area contributed by atoms with E-state index in [0.717, 1.165) is 17.2 Å². The fourth-order valence-electron chi connectivity index (χ4n) is 2.78. The van der Waals surface area contributed by atoms with Crippen LogP contribution in [0.1, 0.15) is 5.56 Å². The highest BCUT2D eigenvalue weighted by molar-refractivity contribution is 7.17. The summed E-state index contributed by atoms with van der Waals surface area (Å²) in [7, 11) is 0. The molecule has 0 radical (unpaired) electrons. The molecule has 0 fully saturated rings. The molecule has 136 valence electrons. The van der Waals surface area contributed by atoms with Crippen LogP contribution in [-0.4, -0.2) is 9.97 Å². The summed E-state index contributed by atoms with van der Waals surface area (Å²) in [4.78, 5) is 8.96. The predicted molar refractivity (Wildman–Crippen MR) is 97.5 cm³/mol. The Labute approximate surface area is 155 Å². The molecule has 8 heteroatoms. The van der Waals surface area contributed by atoms with Gasteiger partial charge in [-0.15, -0.1) is 11.3 Å². The fourth-order valence-corrected chi connectivity index (χ4v) is 3.69. The molecule has 3 nitrogen and oxygen atoms in total. The lowest BCUT2D eigenvalue weighted by Gasteiger charge is -2.14. The molecule has 0 spiro atoms. The number of fused-ring (bicyclic) bond motifs is 1. The SMILES string of the molecule is Fc1ccc(-c2csc3ncnc(Nc4ccccc4C(F)(F)F)c23)cc1. The Kier molecular flexibility index (Phi) is 4.27. The van der Waals surface area contributed by atoms with Crippen LogP contribution in [0.3, 0.4) is 0 Å². The third-order valence-electron chi connectivity index (χ3n) is 4.01. The molecule has 0 unspecified atom stereocenters. The van der Waals surface area contributed by atoms with Gasteiger partial charge in [-0.3, -0.25) is 0 Å². The molecule has 4 aromatic rings. The number of aromatic nitrogens is 2. The number of rotatable bonds is 3. The van der Waals surface area contributed by atoms with Gasteiger partial charge in [-0.1, -0.05) is 24.3 Å². The predicted octanol–water partition coefficient (Wildman–Crippen LogP) is 6.26. The molecular formula is C19H11F4N3S. The minimum absolute atomic E-state index is 0.0961. The molecule has 0 atom stereocenters. The molecule has 0 saturated heterocycles. The lowest BCUT2D eigenvalue weighted by molar-refractivity contribution is -0.136.